The molecule has 0 atom stereocenters. The van der Waals surface area contributed by atoms with Crippen LogP contribution in [0, 0.1) is 11.8 Å². The van der Waals surface area contributed by atoms with Gasteiger partial charge in [0.15, 0.2) is 0 Å². The van der Waals surface area contributed by atoms with Gasteiger partial charge >= 0.3 is 0 Å². The molecule has 134 valence electrons. The fourth-order valence-corrected chi connectivity index (χ4v) is 4.23. The van der Waals surface area contributed by atoms with E-state index >= 15 is 0 Å². The van der Waals surface area contributed by atoms with Gasteiger partial charge in [-0.1, -0.05) is 82.1 Å². The molecule has 0 nitrogen and oxygen atoms in total. The molecule has 0 spiro atoms. The van der Waals surface area contributed by atoms with Gasteiger partial charge in [-0.05, 0) is 72.1 Å². The minimum Gasteiger partial charge on any atom is -0.0628 e. The van der Waals surface area contributed by atoms with Crippen molar-refractivity contribution in [3.05, 3.63) is 59.7 Å². The molecule has 2 aromatic rings. The van der Waals surface area contributed by atoms with E-state index in [-0.39, 0.29) is 0 Å². The van der Waals surface area contributed by atoms with E-state index in [1.807, 2.05) is 0 Å². The first-order chi connectivity index (χ1) is 12.2. The number of hydrogen-bond acceptors (Lipinski definition) is 0. The summed E-state index contributed by atoms with van der Waals surface area (Å²) < 4.78 is 0. The lowest BCUT2D eigenvalue weighted by Gasteiger charge is -2.29. The van der Waals surface area contributed by atoms with Crippen molar-refractivity contribution in [1.82, 2.24) is 0 Å². The largest absolute Gasteiger partial charge is 0.0628 e. The van der Waals surface area contributed by atoms with Gasteiger partial charge in [0, 0.05) is 0 Å². The van der Waals surface area contributed by atoms with E-state index < -0.39 is 0 Å². The van der Waals surface area contributed by atoms with Crippen molar-refractivity contribution in [2.75, 3.05) is 0 Å². The highest BCUT2D eigenvalue weighted by atomic mass is 14.3. The summed E-state index contributed by atoms with van der Waals surface area (Å²) in [5.41, 5.74) is 5.64. The van der Waals surface area contributed by atoms with Crippen molar-refractivity contribution in [3.8, 4) is 11.1 Å². The van der Waals surface area contributed by atoms with Crippen molar-refractivity contribution in [1.29, 1.82) is 0 Å². The first-order valence-electron chi connectivity index (χ1n) is 10.3. The van der Waals surface area contributed by atoms with Crippen LogP contribution in [-0.4, -0.2) is 0 Å². The lowest BCUT2D eigenvalue weighted by molar-refractivity contribution is 0.293. The lowest BCUT2D eigenvalue weighted by atomic mass is 9.76. The molecule has 1 saturated carbocycles. The molecule has 1 aliphatic carbocycles. The van der Waals surface area contributed by atoms with Gasteiger partial charge in [-0.2, -0.15) is 0 Å². The van der Waals surface area contributed by atoms with Crippen LogP contribution < -0.4 is 0 Å². The third-order valence-corrected chi connectivity index (χ3v) is 6.08. The zero-order chi connectivity index (χ0) is 17.6. The molecule has 3 rings (SSSR count). The predicted octanol–water partition coefficient (Wildman–Crippen LogP) is 7.63. The van der Waals surface area contributed by atoms with Gasteiger partial charge in [-0.25, -0.2) is 0 Å². The Kier molecular flexibility index (Phi) is 6.34. The van der Waals surface area contributed by atoms with E-state index in [4.69, 9.17) is 0 Å². The Morgan fingerprint density at radius 1 is 0.800 bits per heavy atom. The van der Waals surface area contributed by atoms with Gasteiger partial charge < -0.3 is 0 Å². The van der Waals surface area contributed by atoms with Crippen LogP contribution in [0.15, 0.2) is 48.5 Å². The van der Waals surface area contributed by atoms with E-state index in [2.05, 4.69) is 69.3 Å². The van der Waals surface area contributed by atoms with E-state index in [9.17, 15) is 0 Å². The van der Waals surface area contributed by atoms with E-state index in [0.29, 0.717) is 0 Å². The molecule has 2 aromatic carbocycles. The third-order valence-electron chi connectivity index (χ3n) is 6.08. The molecule has 25 heavy (non-hydrogen) atoms. The second kappa shape index (κ2) is 8.70. The van der Waals surface area contributed by atoms with E-state index in [1.54, 1.807) is 5.56 Å². The average Bonchev–Trinajstić information content (AvgIpc) is 2.67. The third kappa shape index (κ3) is 4.97. The van der Waals surface area contributed by atoms with Crippen molar-refractivity contribution >= 4 is 0 Å². The highest BCUT2D eigenvalue weighted by Crippen LogP contribution is 2.38. The maximum absolute atomic E-state index is 2.38. The summed E-state index contributed by atoms with van der Waals surface area (Å²) >= 11 is 0. The SMILES string of the molecule is CCc1ccc(-c2ccc(C3CCC(CCC(C)C)CC3)cc2)cc1. The number of rotatable bonds is 6. The Morgan fingerprint density at radius 2 is 1.36 bits per heavy atom. The van der Waals surface area contributed by atoms with Crippen molar-refractivity contribution in [2.45, 2.75) is 71.6 Å². The van der Waals surface area contributed by atoms with Crippen LogP contribution in [0.25, 0.3) is 11.1 Å². The van der Waals surface area contributed by atoms with Gasteiger partial charge in [0.1, 0.15) is 0 Å². The Bertz CT molecular complexity index is 625. The Morgan fingerprint density at radius 3 is 1.88 bits per heavy atom. The second-order valence-electron chi connectivity index (χ2n) is 8.36. The molecule has 0 heterocycles. The molecular formula is C25H34. The second-order valence-corrected chi connectivity index (χ2v) is 8.36. The quantitative estimate of drug-likeness (QED) is 0.509. The number of aryl methyl sites for hydroxylation is 1. The molecule has 0 radical (unpaired) electrons. The summed E-state index contributed by atoms with van der Waals surface area (Å²) in [5.74, 6) is 2.62. The zero-order valence-corrected chi connectivity index (χ0v) is 16.3. The van der Waals surface area contributed by atoms with Gasteiger partial charge in [0.25, 0.3) is 0 Å². The minimum absolute atomic E-state index is 0.784. The summed E-state index contributed by atoms with van der Waals surface area (Å²) in [6.45, 7) is 6.91. The fourth-order valence-electron chi connectivity index (χ4n) is 4.23. The summed E-state index contributed by atoms with van der Waals surface area (Å²) in [6, 6.07) is 18.4. The van der Waals surface area contributed by atoms with Crippen LogP contribution in [-0.2, 0) is 6.42 Å². The number of hydrogen-bond donors (Lipinski definition) is 0. The monoisotopic (exact) mass is 334 g/mol. The Hall–Kier alpha value is -1.56. The molecule has 0 bridgehead atoms. The molecule has 0 saturated heterocycles. The fraction of sp³-hybridized carbons (Fsp3) is 0.520. The standard InChI is InChI=1S/C25H34/c1-4-20-7-11-22(12-8-20)24-15-17-25(18-16-24)23-13-9-21(10-14-23)6-5-19(2)3/h7-8,11-12,15-19,21,23H,4-6,9-10,13-14H2,1-3H3. The molecule has 0 unspecified atom stereocenters. The topological polar surface area (TPSA) is 0 Å². The van der Waals surface area contributed by atoms with E-state index in [1.165, 1.54) is 55.2 Å². The first-order valence-corrected chi connectivity index (χ1v) is 10.3. The van der Waals surface area contributed by atoms with Crippen LogP contribution in [0.1, 0.15) is 76.3 Å². The van der Waals surface area contributed by atoms with Gasteiger partial charge in [-0.15, -0.1) is 0 Å². The average molecular weight is 335 g/mol. The minimum atomic E-state index is 0.784. The molecule has 0 N–H and O–H groups in total. The van der Waals surface area contributed by atoms with Crippen molar-refractivity contribution in [3.63, 3.8) is 0 Å². The van der Waals surface area contributed by atoms with Crippen LogP contribution >= 0.6 is 0 Å². The zero-order valence-electron chi connectivity index (χ0n) is 16.3. The Balaban J connectivity index is 1.57. The number of benzene rings is 2. The van der Waals surface area contributed by atoms with Gasteiger partial charge in [0.05, 0.1) is 0 Å². The summed E-state index contributed by atoms with van der Waals surface area (Å²) in [5, 5.41) is 0. The van der Waals surface area contributed by atoms with Crippen molar-refractivity contribution < 1.29 is 0 Å². The highest BCUT2D eigenvalue weighted by molar-refractivity contribution is 5.64. The van der Waals surface area contributed by atoms with Gasteiger partial charge in [-0.3, -0.25) is 0 Å². The van der Waals surface area contributed by atoms with Crippen molar-refractivity contribution in [2.24, 2.45) is 11.8 Å². The Labute approximate surface area is 154 Å². The predicted molar refractivity (Wildman–Crippen MR) is 110 cm³/mol. The summed E-state index contributed by atoms with van der Waals surface area (Å²) in [7, 11) is 0. The molecular weight excluding hydrogens is 300 g/mol. The van der Waals surface area contributed by atoms with E-state index in [0.717, 1.165) is 24.2 Å². The first kappa shape index (κ1) is 18.2. The van der Waals surface area contributed by atoms with Crippen LogP contribution in [0.3, 0.4) is 0 Å². The molecule has 0 aromatic heterocycles. The van der Waals surface area contributed by atoms with Crippen LogP contribution in [0.4, 0.5) is 0 Å². The normalized spacial score (nSPS) is 20.8. The maximum Gasteiger partial charge on any atom is -0.0162 e. The molecule has 1 aliphatic rings. The smallest absolute Gasteiger partial charge is 0.0162 e. The van der Waals surface area contributed by atoms with Crippen LogP contribution in [0.2, 0.25) is 0 Å². The molecule has 1 fully saturated rings. The molecule has 0 aliphatic heterocycles. The van der Waals surface area contributed by atoms with Gasteiger partial charge in [0.2, 0.25) is 0 Å². The van der Waals surface area contributed by atoms with Crippen LogP contribution in [0.5, 0.6) is 0 Å². The lowest BCUT2D eigenvalue weighted by Crippen LogP contribution is -2.14. The molecule has 0 amide bonds. The summed E-state index contributed by atoms with van der Waals surface area (Å²) in [4.78, 5) is 0. The highest BCUT2D eigenvalue weighted by Gasteiger charge is 2.22. The maximum atomic E-state index is 2.38. The summed E-state index contributed by atoms with van der Waals surface area (Å²) in [6.07, 6.45) is 9.58. The molecule has 0 heteroatoms.